The molecule has 0 heterocycles. The Morgan fingerprint density at radius 3 is 2.29 bits per heavy atom. The van der Waals surface area contributed by atoms with Gasteiger partial charge in [-0.1, -0.05) is 33.1 Å². The lowest BCUT2D eigenvalue weighted by molar-refractivity contribution is -0.111. The summed E-state index contributed by atoms with van der Waals surface area (Å²) in [5, 5.41) is 3.92. The Morgan fingerprint density at radius 2 is 1.71 bits per heavy atom. The van der Waals surface area contributed by atoms with Gasteiger partial charge in [0.15, 0.2) is 0 Å². The molecule has 2 saturated carbocycles. The molecule has 1 atom stereocenters. The van der Waals surface area contributed by atoms with Crippen LogP contribution in [0.4, 0.5) is 0 Å². The lowest BCUT2D eigenvalue weighted by atomic mass is 9.68. The molecule has 0 saturated heterocycles. The van der Waals surface area contributed by atoms with Gasteiger partial charge >= 0.3 is 0 Å². The highest BCUT2D eigenvalue weighted by Crippen LogP contribution is 2.42. The first-order chi connectivity index (χ1) is 10.2. The number of rotatable bonds is 7. The fourth-order valence-electron chi connectivity index (χ4n) is 4.63. The summed E-state index contributed by atoms with van der Waals surface area (Å²) < 4.78 is 6.47. The van der Waals surface area contributed by atoms with Crippen LogP contribution in [0.5, 0.6) is 0 Å². The van der Waals surface area contributed by atoms with Gasteiger partial charge in [-0.05, 0) is 70.3 Å². The summed E-state index contributed by atoms with van der Waals surface area (Å²) >= 11 is 0. The van der Waals surface area contributed by atoms with Gasteiger partial charge in [0.05, 0.1) is 5.60 Å². The smallest absolute Gasteiger partial charge is 0.0837 e. The Morgan fingerprint density at radius 1 is 1.05 bits per heavy atom. The second kappa shape index (κ2) is 8.53. The third-order valence-corrected chi connectivity index (χ3v) is 5.85. The normalized spacial score (nSPS) is 33.0. The van der Waals surface area contributed by atoms with Crippen molar-refractivity contribution in [1.29, 1.82) is 0 Å². The molecule has 0 radical (unpaired) electrons. The largest absolute Gasteiger partial charge is 0.374 e. The van der Waals surface area contributed by atoms with Crippen molar-refractivity contribution >= 4 is 0 Å². The molecule has 0 aromatic heterocycles. The average molecular weight is 296 g/mol. The molecule has 2 nitrogen and oxygen atoms in total. The molecule has 124 valence electrons. The lowest BCUT2D eigenvalue weighted by Crippen LogP contribution is -2.58. The molecule has 0 spiro atoms. The van der Waals surface area contributed by atoms with Crippen LogP contribution in [0.15, 0.2) is 0 Å². The van der Waals surface area contributed by atoms with E-state index in [1.807, 2.05) is 0 Å². The number of hydrogen-bond acceptors (Lipinski definition) is 2. The third-order valence-electron chi connectivity index (χ3n) is 5.85. The summed E-state index contributed by atoms with van der Waals surface area (Å²) in [6.07, 6.45) is 13.5. The summed E-state index contributed by atoms with van der Waals surface area (Å²) in [4.78, 5) is 0. The standard InChI is InChI=1S/C19H37NO/c1-4-15-20-18(17-9-7-6-8-10-17)19(21-5-2)13-11-16(3)12-14-19/h16-18,20H,4-15H2,1-3H3. The minimum absolute atomic E-state index is 0.123. The van der Waals surface area contributed by atoms with Crippen molar-refractivity contribution in [1.82, 2.24) is 5.32 Å². The van der Waals surface area contributed by atoms with E-state index < -0.39 is 0 Å². The molecule has 2 rings (SSSR count). The molecule has 2 aliphatic carbocycles. The third kappa shape index (κ3) is 4.45. The van der Waals surface area contributed by atoms with Gasteiger partial charge < -0.3 is 10.1 Å². The van der Waals surface area contributed by atoms with E-state index >= 15 is 0 Å². The highest BCUT2D eigenvalue weighted by Gasteiger charge is 2.45. The molecular formula is C19H37NO. The van der Waals surface area contributed by atoms with Crippen LogP contribution in [0.2, 0.25) is 0 Å². The van der Waals surface area contributed by atoms with E-state index in [1.165, 1.54) is 64.2 Å². The fourth-order valence-corrected chi connectivity index (χ4v) is 4.63. The van der Waals surface area contributed by atoms with Gasteiger partial charge in [0.25, 0.3) is 0 Å². The molecule has 1 unspecified atom stereocenters. The minimum Gasteiger partial charge on any atom is -0.374 e. The highest BCUT2D eigenvalue weighted by molar-refractivity contribution is 5.00. The molecule has 2 fully saturated rings. The first-order valence-electron chi connectivity index (χ1n) is 9.59. The van der Waals surface area contributed by atoms with Crippen molar-refractivity contribution in [3.05, 3.63) is 0 Å². The van der Waals surface area contributed by atoms with Crippen molar-refractivity contribution in [3.8, 4) is 0 Å². The molecule has 0 bridgehead atoms. The zero-order chi connectivity index (χ0) is 15.1. The number of hydrogen-bond donors (Lipinski definition) is 1. The predicted octanol–water partition coefficient (Wildman–Crippen LogP) is 4.92. The maximum atomic E-state index is 6.47. The molecule has 0 amide bonds. The van der Waals surface area contributed by atoms with Gasteiger partial charge in [-0.15, -0.1) is 0 Å². The van der Waals surface area contributed by atoms with Crippen molar-refractivity contribution in [2.75, 3.05) is 13.2 Å². The van der Waals surface area contributed by atoms with E-state index in [4.69, 9.17) is 4.74 Å². The Hall–Kier alpha value is -0.0800. The van der Waals surface area contributed by atoms with E-state index in [1.54, 1.807) is 0 Å². The van der Waals surface area contributed by atoms with Crippen LogP contribution in [0, 0.1) is 11.8 Å². The van der Waals surface area contributed by atoms with Crippen LogP contribution in [0.25, 0.3) is 0 Å². The van der Waals surface area contributed by atoms with Gasteiger partial charge in [-0.3, -0.25) is 0 Å². The minimum atomic E-state index is 0.123. The Labute approximate surface area is 132 Å². The van der Waals surface area contributed by atoms with E-state index in [9.17, 15) is 0 Å². The van der Waals surface area contributed by atoms with E-state index in [2.05, 4.69) is 26.1 Å². The molecule has 21 heavy (non-hydrogen) atoms. The first-order valence-corrected chi connectivity index (χ1v) is 9.59. The average Bonchev–Trinajstić information content (AvgIpc) is 2.52. The van der Waals surface area contributed by atoms with E-state index in [-0.39, 0.29) is 5.60 Å². The van der Waals surface area contributed by atoms with Gasteiger partial charge in [0.2, 0.25) is 0 Å². The summed E-state index contributed by atoms with van der Waals surface area (Å²) in [5.74, 6) is 1.72. The second-order valence-corrected chi connectivity index (χ2v) is 7.51. The summed E-state index contributed by atoms with van der Waals surface area (Å²) in [6.45, 7) is 8.88. The van der Waals surface area contributed by atoms with Gasteiger partial charge in [-0.2, -0.15) is 0 Å². The zero-order valence-corrected chi connectivity index (χ0v) is 14.6. The highest BCUT2D eigenvalue weighted by atomic mass is 16.5. The van der Waals surface area contributed by atoms with Crippen LogP contribution in [0.1, 0.15) is 85.0 Å². The van der Waals surface area contributed by atoms with Gasteiger partial charge in [-0.25, -0.2) is 0 Å². The molecule has 0 aromatic carbocycles. The van der Waals surface area contributed by atoms with Crippen molar-refractivity contribution < 1.29 is 4.74 Å². The SMILES string of the molecule is CCCNC(C1CCCCC1)C1(OCC)CCC(C)CC1. The fraction of sp³-hybridized carbons (Fsp3) is 1.00. The quantitative estimate of drug-likeness (QED) is 0.720. The monoisotopic (exact) mass is 295 g/mol. The second-order valence-electron chi connectivity index (χ2n) is 7.51. The lowest BCUT2D eigenvalue weighted by Gasteiger charge is -2.49. The maximum Gasteiger partial charge on any atom is 0.0837 e. The summed E-state index contributed by atoms with van der Waals surface area (Å²) in [5.41, 5.74) is 0.123. The zero-order valence-electron chi connectivity index (χ0n) is 14.6. The van der Waals surface area contributed by atoms with E-state index in [0.717, 1.165) is 25.0 Å². The number of ether oxygens (including phenoxy) is 1. The molecule has 2 heteroatoms. The van der Waals surface area contributed by atoms with Gasteiger partial charge in [0.1, 0.15) is 0 Å². The van der Waals surface area contributed by atoms with Crippen LogP contribution in [-0.2, 0) is 4.74 Å². The summed E-state index contributed by atoms with van der Waals surface area (Å²) in [6, 6.07) is 0.588. The predicted molar refractivity (Wildman–Crippen MR) is 90.6 cm³/mol. The topological polar surface area (TPSA) is 21.3 Å². The number of nitrogens with one attached hydrogen (secondary N) is 1. The Bertz CT molecular complexity index is 277. The van der Waals surface area contributed by atoms with Crippen LogP contribution in [-0.4, -0.2) is 24.8 Å². The maximum absolute atomic E-state index is 6.47. The molecular weight excluding hydrogens is 258 g/mol. The van der Waals surface area contributed by atoms with Crippen molar-refractivity contribution in [2.24, 2.45) is 11.8 Å². The van der Waals surface area contributed by atoms with E-state index in [0.29, 0.717) is 6.04 Å². The van der Waals surface area contributed by atoms with Gasteiger partial charge in [0, 0.05) is 12.6 Å². The van der Waals surface area contributed by atoms with Crippen LogP contribution in [0.3, 0.4) is 0 Å². The summed E-state index contributed by atoms with van der Waals surface area (Å²) in [7, 11) is 0. The van der Waals surface area contributed by atoms with Crippen molar-refractivity contribution in [2.45, 2.75) is 96.6 Å². The Balaban J connectivity index is 2.12. The van der Waals surface area contributed by atoms with Crippen LogP contribution >= 0.6 is 0 Å². The molecule has 2 aliphatic rings. The molecule has 0 aliphatic heterocycles. The first kappa shape index (κ1) is 17.3. The molecule has 0 aromatic rings. The van der Waals surface area contributed by atoms with Crippen molar-refractivity contribution in [3.63, 3.8) is 0 Å². The molecule has 1 N–H and O–H groups in total. The Kier molecular flexibility index (Phi) is 7.01. The van der Waals surface area contributed by atoms with Crippen LogP contribution < -0.4 is 5.32 Å².